The molecule has 2 aliphatic heterocycles. The van der Waals surface area contributed by atoms with Gasteiger partial charge in [0.25, 0.3) is 5.91 Å². The first-order chi connectivity index (χ1) is 14.4. The average Bonchev–Trinajstić information content (AvgIpc) is 2.70. The van der Waals surface area contributed by atoms with Crippen molar-refractivity contribution in [2.75, 3.05) is 12.4 Å². The second-order valence-electron chi connectivity index (χ2n) is 8.10. The van der Waals surface area contributed by atoms with Crippen LogP contribution < -0.4 is 10.1 Å². The summed E-state index contributed by atoms with van der Waals surface area (Å²) < 4.78 is 5.63. The number of hydrogen-bond acceptors (Lipinski definition) is 5. The minimum atomic E-state index is -1.10. The fourth-order valence-electron chi connectivity index (χ4n) is 4.32. The number of carbonyl (C=O) groups is 3. The third-order valence-corrected chi connectivity index (χ3v) is 7.59. The summed E-state index contributed by atoms with van der Waals surface area (Å²) in [6.45, 7) is 4.42. The van der Waals surface area contributed by atoms with E-state index in [9.17, 15) is 19.5 Å². The molecule has 2 heterocycles. The Labute approximate surface area is 179 Å². The minimum absolute atomic E-state index is 0.0512. The summed E-state index contributed by atoms with van der Waals surface area (Å²) >= 11 is 1.49. The second kappa shape index (κ2) is 7.98. The first-order valence-electron chi connectivity index (χ1n) is 10.3. The standard InChI is InChI=1S/C22H26N2O5S/c1-3-11-29-15-7-5-14(6-8-15)22(9-4-10-22)21(28)23-16-18(25)24-17(20(26)27)13(2)12-30-19(16)24/h5-8,16,19H,3-4,9-12H2,1-2H3,(H,23,28)(H,26,27)/t16-,19+/m0/s1. The Morgan fingerprint density at radius 1 is 1.30 bits per heavy atom. The summed E-state index contributed by atoms with van der Waals surface area (Å²) in [5.74, 6) is -0.292. The van der Waals surface area contributed by atoms with Crippen molar-refractivity contribution in [3.8, 4) is 5.75 Å². The second-order valence-corrected chi connectivity index (χ2v) is 9.21. The normalized spacial score (nSPS) is 24.5. The van der Waals surface area contributed by atoms with E-state index in [4.69, 9.17) is 4.74 Å². The lowest BCUT2D eigenvalue weighted by atomic mass is 9.63. The first kappa shape index (κ1) is 20.8. The molecule has 4 rings (SSSR count). The summed E-state index contributed by atoms with van der Waals surface area (Å²) in [5.41, 5.74) is 1.01. The number of fused-ring (bicyclic) bond motifs is 1. The van der Waals surface area contributed by atoms with E-state index in [1.165, 1.54) is 16.7 Å². The SMILES string of the molecule is CCCOc1ccc(C2(C(=O)N[C@H]3C(=O)N4C(C(=O)O)=C(C)CS[C@H]34)CCC2)cc1. The first-order valence-corrected chi connectivity index (χ1v) is 11.4. The zero-order valence-electron chi connectivity index (χ0n) is 17.1. The Morgan fingerprint density at radius 2 is 2.00 bits per heavy atom. The van der Waals surface area contributed by atoms with Crippen molar-refractivity contribution >= 4 is 29.5 Å². The molecule has 0 unspecified atom stereocenters. The fraction of sp³-hybridized carbons (Fsp3) is 0.500. The largest absolute Gasteiger partial charge is 0.494 e. The van der Waals surface area contributed by atoms with Gasteiger partial charge in [0.15, 0.2) is 0 Å². The van der Waals surface area contributed by atoms with Crippen LogP contribution in [0.3, 0.4) is 0 Å². The van der Waals surface area contributed by atoms with Crippen LogP contribution in [-0.2, 0) is 19.8 Å². The molecule has 3 aliphatic rings. The van der Waals surface area contributed by atoms with Gasteiger partial charge in [-0.25, -0.2) is 4.79 Å². The van der Waals surface area contributed by atoms with E-state index in [1.807, 2.05) is 31.2 Å². The van der Waals surface area contributed by atoms with Crippen LogP contribution in [0.5, 0.6) is 5.75 Å². The molecule has 160 valence electrons. The number of carboxylic acids is 1. The zero-order chi connectivity index (χ0) is 21.5. The Kier molecular flexibility index (Phi) is 5.53. The number of amides is 2. The number of β-lactam (4-membered cyclic amide) rings is 1. The van der Waals surface area contributed by atoms with Crippen molar-refractivity contribution in [2.45, 2.75) is 56.4 Å². The molecule has 2 fully saturated rings. The highest BCUT2D eigenvalue weighted by atomic mass is 32.2. The Bertz CT molecular complexity index is 907. The van der Waals surface area contributed by atoms with E-state index >= 15 is 0 Å². The molecule has 0 aromatic heterocycles. The van der Waals surface area contributed by atoms with E-state index < -0.39 is 17.4 Å². The lowest BCUT2D eigenvalue weighted by Gasteiger charge is -2.51. The number of carboxylic acid groups (broad SMARTS) is 1. The van der Waals surface area contributed by atoms with Crippen LogP contribution in [-0.4, -0.2) is 51.6 Å². The maximum Gasteiger partial charge on any atom is 0.352 e. The predicted octanol–water partition coefficient (Wildman–Crippen LogP) is 2.66. The molecule has 7 nitrogen and oxygen atoms in total. The summed E-state index contributed by atoms with van der Waals surface area (Å²) in [6.07, 6.45) is 3.35. The van der Waals surface area contributed by atoms with Crippen LogP contribution in [0, 0.1) is 0 Å². The number of ether oxygens (including phenoxy) is 1. The van der Waals surface area contributed by atoms with Crippen molar-refractivity contribution < 1.29 is 24.2 Å². The Balaban J connectivity index is 1.48. The summed E-state index contributed by atoms with van der Waals surface area (Å²) in [7, 11) is 0. The monoisotopic (exact) mass is 430 g/mol. The summed E-state index contributed by atoms with van der Waals surface area (Å²) in [6, 6.07) is 6.96. The maximum absolute atomic E-state index is 13.3. The number of nitrogens with zero attached hydrogens (tertiary/aromatic N) is 1. The van der Waals surface area contributed by atoms with Crippen LogP contribution in [0.15, 0.2) is 35.5 Å². The number of hydrogen-bond donors (Lipinski definition) is 2. The smallest absolute Gasteiger partial charge is 0.352 e. The molecule has 0 bridgehead atoms. The summed E-state index contributed by atoms with van der Waals surface area (Å²) in [5, 5.41) is 12.0. The number of nitrogens with one attached hydrogen (secondary N) is 1. The molecular weight excluding hydrogens is 404 g/mol. The van der Waals surface area contributed by atoms with Crippen LogP contribution in [0.1, 0.15) is 45.1 Å². The maximum atomic E-state index is 13.3. The molecule has 0 spiro atoms. The number of thioether (sulfide) groups is 1. The van der Waals surface area contributed by atoms with Gasteiger partial charge in [-0.1, -0.05) is 25.5 Å². The summed E-state index contributed by atoms with van der Waals surface area (Å²) in [4.78, 5) is 38.8. The van der Waals surface area contributed by atoms with Crippen molar-refractivity contribution in [1.82, 2.24) is 10.2 Å². The van der Waals surface area contributed by atoms with Gasteiger partial charge in [-0.15, -0.1) is 11.8 Å². The molecule has 8 heteroatoms. The van der Waals surface area contributed by atoms with E-state index in [2.05, 4.69) is 5.32 Å². The third-order valence-electron chi connectivity index (χ3n) is 6.17. The topological polar surface area (TPSA) is 95.9 Å². The van der Waals surface area contributed by atoms with E-state index in [-0.39, 0.29) is 22.9 Å². The Morgan fingerprint density at radius 3 is 2.57 bits per heavy atom. The van der Waals surface area contributed by atoms with Crippen LogP contribution >= 0.6 is 11.8 Å². The molecule has 2 amide bonds. The van der Waals surface area contributed by atoms with Gasteiger partial charge in [0.2, 0.25) is 5.91 Å². The molecule has 1 aromatic rings. The van der Waals surface area contributed by atoms with Gasteiger partial charge in [-0.2, -0.15) is 0 Å². The van der Waals surface area contributed by atoms with E-state index in [0.29, 0.717) is 17.9 Å². The number of benzene rings is 1. The minimum Gasteiger partial charge on any atom is -0.494 e. The van der Waals surface area contributed by atoms with E-state index in [1.54, 1.807) is 6.92 Å². The lowest BCUT2D eigenvalue weighted by Crippen LogP contribution is -2.72. The fourth-order valence-corrected chi connectivity index (χ4v) is 5.61. The van der Waals surface area contributed by atoms with Crippen LogP contribution in [0.2, 0.25) is 0 Å². The van der Waals surface area contributed by atoms with Crippen molar-refractivity contribution in [3.05, 3.63) is 41.1 Å². The van der Waals surface area contributed by atoms with Gasteiger partial charge in [0.1, 0.15) is 22.9 Å². The van der Waals surface area contributed by atoms with Crippen molar-refractivity contribution in [2.24, 2.45) is 0 Å². The van der Waals surface area contributed by atoms with Crippen LogP contribution in [0.25, 0.3) is 0 Å². The molecule has 30 heavy (non-hydrogen) atoms. The van der Waals surface area contributed by atoms with Gasteiger partial charge in [0.05, 0.1) is 12.0 Å². The molecule has 0 radical (unpaired) electrons. The van der Waals surface area contributed by atoms with Gasteiger partial charge >= 0.3 is 5.97 Å². The number of carbonyl (C=O) groups excluding carboxylic acids is 2. The number of aliphatic carboxylic acids is 1. The Hall–Kier alpha value is -2.48. The molecule has 1 saturated carbocycles. The molecule has 1 aliphatic carbocycles. The quantitative estimate of drug-likeness (QED) is 0.646. The van der Waals surface area contributed by atoms with Crippen molar-refractivity contribution in [3.63, 3.8) is 0 Å². The lowest BCUT2D eigenvalue weighted by molar-refractivity contribution is -0.151. The van der Waals surface area contributed by atoms with Crippen molar-refractivity contribution in [1.29, 1.82) is 0 Å². The molecule has 1 aromatic carbocycles. The highest BCUT2D eigenvalue weighted by Crippen LogP contribution is 2.46. The highest BCUT2D eigenvalue weighted by Gasteiger charge is 2.56. The van der Waals surface area contributed by atoms with Gasteiger partial charge in [0, 0.05) is 5.75 Å². The molecule has 2 atom stereocenters. The van der Waals surface area contributed by atoms with Gasteiger partial charge < -0.3 is 15.2 Å². The molecule has 1 saturated heterocycles. The number of rotatable bonds is 7. The van der Waals surface area contributed by atoms with Gasteiger partial charge in [-0.05, 0) is 49.5 Å². The highest BCUT2D eigenvalue weighted by molar-refractivity contribution is 8.00. The third kappa shape index (κ3) is 3.27. The van der Waals surface area contributed by atoms with Crippen LogP contribution in [0.4, 0.5) is 0 Å². The van der Waals surface area contributed by atoms with Gasteiger partial charge in [-0.3, -0.25) is 14.5 Å². The molecular formula is C22H26N2O5S. The zero-order valence-corrected chi connectivity index (χ0v) is 18.0. The molecule has 2 N–H and O–H groups in total. The predicted molar refractivity (Wildman–Crippen MR) is 113 cm³/mol. The van der Waals surface area contributed by atoms with E-state index in [0.717, 1.165) is 37.0 Å². The average molecular weight is 431 g/mol.